The van der Waals surface area contributed by atoms with E-state index in [0.717, 1.165) is 22.5 Å². The monoisotopic (exact) mass is 276 g/mol. The third-order valence-electron chi connectivity index (χ3n) is 3.23. The molecule has 0 aliphatic heterocycles. The lowest BCUT2D eigenvalue weighted by molar-refractivity contribution is 0.509. The van der Waals surface area contributed by atoms with Gasteiger partial charge in [-0.2, -0.15) is 4.91 Å². The van der Waals surface area contributed by atoms with Crippen LogP contribution in [-0.2, 0) is 6.54 Å². The van der Waals surface area contributed by atoms with E-state index >= 15 is 0 Å². The van der Waals surface area contributed by atoms with Crippen molar-refractivity contribution in [3.05, 3.63) is 83.5 Å². The van der Waals surface area contributed by atoms with Crippen LogP contribution in [-0.4, -0.2) is 0 Å². The molecule has 0 saturated carbocycles. The highest BCUT2D eigenvalue weighted by atomic mass is 16.3. The number of nitrogens with zero attached hydrogens (tertiary/aromatic N) is 1. The largest absolute Gasteiger partial charge is 0.360 e. The van der Waals surface area contributed by atoms with E-state index in [-0.39, 0.29) is 6.54 Å². The highest BCUT2D eigenvalue weighted by Crippen LogP contribution is 2.28. The average Bonchev–Trinajstić information content (AvgIpc) is 2.56. The van der Waals surface area contributed by atoms with E-state index in [2.05, 4.69) is 5.18 Å². The molecule has 0 fully saturated rings. The van der Waals surface area contributed by atoms with Crippen molar-refractivity contribution in [2.45, 2.75) is 6.54 Å². The molecule has 1 heterocycles. The van der Waals surface area contributed by atoms with Crippen LogP contribution in [0.25, 0.3) is 22.5 Å². The first-order valence-corrected chi connectivity index (χ1v) is 6.74. The summed E-state index contributed by atoms with van der Waals surface area (Å²) >= 11 is 0. The molecule has 3 rings (SSSR count). The summed E-state index contributed by atoms with van der Waals surface area (Å²) in [6, 6.07) is 23.7. The van der Waals surface area contributed by atoms with Crippen LogP contribution < -0.4 is 0 Å². The van der Waals surface area contributed by atoms with Crippen molar-refractivity contribution in [2.75, 3.05) is 0 Å². The normalized spacial score (nSPS) is 10.3. The van der Waals surface area contributed by atoms with Crippen molar-refractivity contribution in [1.82, 2.24) is 0 Å². The zero-order valence-corrected chi connectivity index (χ0v) is 11.4. The first-order chi connectivity index (χ1) is 10.4. The summed E-state index contributed by atoms with van der Waals surface area (Å²) in [4.78, 5) is 10.6. The zero-order valence-electron chi connectivity index (χ0n) is 11.4. The maximum atomic E-state index is 10.6. The van der Waals surface area contributed by atoms with Crippen molar-refractivity contribution < 1.29 is 4.42 Å². The van der Waals surface area contributed by atoms with Gasteiger partial charge < -0.3 is 0 Å². The molecule has 21 heavy (non-hydrogen) atoms. The Hall–Kier alpha value is -2.81. The van der Waals surface area contributed by atoms with Crippen LogP contribution in [0.3, 0.4) is 0 Å². The lowest BCUT2D eigenvalue weighted by Gasteiger charge is -2.00. The summed E-state index contributed by atoms with van der Waals surface area (Å²) in [7, 11) is 0. The van der Waals surface area contributed by atoms with E-state index in [1.165, 1.54) is 0 Å². The Bertz CT molecular complexity index is 682. The van der Waals surface area contributed by atoms with E-state index in [4.69, 9.17) is 4.42 Å². The number of hydrogen-bond acceptors (Lipinski definition) is 2. The van der Waals surface area contributed by atoms with Gasteiger partial charge in [-0.25, -0.2) is 4.42 Å². The van der Waals surface area contributed by atoms with Gasteiger partial charge in [0.05, 0.1) is 11.6 Å². The molecule has 0 amide bonds. The molecule has 0 bridgehead atoms. The zero-order chi connectivity index (χ0) is 14.5. The molecule has 0 radical (unpaired) electrons. The van der Waals surface area contributed by atoms with Crippen LogP contribution in [0.4, 0.5) is 0 Å². The Morgan fingerprint density at radius 1 is 0.762 bits per heavy atom. The van der Waals surface area contributed by atoms with Gasteiger partial charge in [0.1, 0.15) is 0 Å². The second-order valence-electron chi connectivity index (χ2n) is 4.70. The van der Waals surface area contributed by atoms with Crippen molar-refractivity contribution in [1.29, 1.82) is 0 Å². The van der Waals surface area contributed by atoms with E-state index in [9.17, 15) is 4.91 Å². The molecule has 0 spiro atoms. The molecule has 0 aliphatic rings. The Morgan fingerprint density at radius 3 is 2.00 bits per heavy atom. The minimum atomic E-state index is 0.0283. The first kappa shape index (κ1) is 13.2. The van der Waals surface area contributed by atoms with Gasteiger partial charge in [-0.05, 0) is 17.7 Å². The van der Waals surface area contributed by atoms with Crippen LogP contribution >= 0.6 is 0 Å². The highest BCUT2D eigenvalue weighted by Gasteiger charge is 2.18. The van der Waals surface area contributed by atoms with Crippen LogP contribution in [0, 0.1) is 4.91 Å². The topological polar surface area (TPSA) is 40.7 Å². The Labute approximate surface area is 122 Å². The van der Waals surface area contributed by atoms with E-state index in [1.807, 2.05) is 72.8 Å². The van der Waals surface area contributed by atoms with E-state index in [0.29, 0.717) is 5.76 Å². The van der Waals surface area contributed by atoms with Gasteiger partial charge in [-0.15, -0.1) is 0 Å². The third-order valence-corrected chi connectivity index (χ3v) is 3.23. The number of benzene rings is 2. The maximum absolute atomic E-state index is 10.6. The van der Waals surface area contributed by atoms with Gasteiger partial charge in [0.25, 0.3) is 0 Å². The minimum absolute atomic E-state index is 0.0283. The minimum Gasteiger partial charge on any atom is -0.210 e. The predicted molar refractivity (Wildman–Crippen MR) is 83.5 cm³/mol. The van der Waals surface area contributed by atoms with Crippen molar-refractivity contribution in [2.24, 2.45) is 5.18 Å². The lowest BCUT2D eigenvalue weighted by atomic mass is 10.0. The molecular formula is C18H14NO2+. The maximum Gasteiger partial charge on any atom is 0.360 e. The van der Waals surface area contributed by atoms with Gasteiger partial charge in [0, 0.05) is 11.6 Å². The van der Waals surface area contributed by atoms with Crippen LogP contribution in [0.15, 0.2) is 82.4 Å². The van der Waals surface area contributed by atoms with E-state index in [1.54, 1.807) is 0 Å². The quantitative estimate of drug-likeness (QED) is 0.487. The number of rotatable bonds is 4. The summed E-state index contributed by atoms with van der Waals surface area (Å²) < 4.78 is 5.77. The van der Waals surface area contributed by atoms with Gasteiger partial charge in [0.2, 0.25) is 0 Å². The number of hydrogen-bond donors (Lipinski definition) is 0. The molecule has 2 aromatic carbocycles. The molecular weight excluding hydrogens is 262 g/mol. The fourth-order valence-electron chi connectivity index (χ4n) is 2.24. The Morgan fingerprint density at radius 2 is 1.38 bits per heavy atom. The molecule has 102 valence electrons. The molecule has 0 aliphatic carbocycles. The molecule has 0 N–H and O–H groups in total. The standard InChI is InChI=1S/C18H14NO2/c20-19-13-17-11-16(14-7-3-1-4-8-14)12-18(21-17)15-9-5-2-6-10-15/h1-12H,13H2/q+1. The molecule has 3 heteroatoms. The van der Waals surface area contributed by atoms with Crippen molar-refractivity contribution in [3.8, 4) is 22.5 Å². The summed E-state index contributed by atoms with van der Waals surface area (Å²) in [5, 5.41) is 2.93. The van der Waals surface area contributed by atoms with Crippen molar-refractivity contribution >= 4 is 0 Å². The smallest absolute Gasteiger partial charge is 0.210 e. The van der Waals surface area contributed by atoms with E-state index < -0.39 is 0 Å². The average molecular weight is 276 g/mol. The highest BCUT2D eigenvalue weighted by molar-refractivity contribution is 5.69. The molecule has 3 nitrogen and oxygen atoms in total. The Balaban J connectivity index is 2.13. The van der Waals surface area contributed by atoms with Crippen LogP contribution in [0.2, 0.25) is 0 Å². The van der Waals surface area contributed by atoms with Gasteiger partial charge in [-0.1, -0.05) is 53.7 Å². The SMILES string of the molecule is O=NCc1cc(-c2ccccc2)cc(-c2ccccc2)[o+]1. The summed E-state index contributed by atoms with van der Waals surface area (Å²) in [6.45, 7) is 0.0283. The van der Waals surface area contributed by atoms with Gasteiger partial charge in [0.15, 0.2) is 6.54 Å². The van der Waals surface area contributed by atoms with Gasteiger partial charge >= 0.3 is 11.5 Å². The summed E-state index contributed by atoms with van der Waals surface area (Å²) in [5.41, 5.74) is 3.07. The Kier molecular flexibility index (Phi) is 3.83. The molecule has 0 atom stereocenters. The number of nitroso groups, excluding NO2 is 1. The molecule has 3 aromatic rings. The van der Waals surface area contributed by atoms with Crippen LogP contribution in [0.1, 0.15) is 5.76 Å². The second kappa shape index (κ2) is 6.09. The first-order valence-electron chi connectivity index (χ1n) is 6.74. The second-order valence-corrected chi connectivity index (χ2v) is 4.70. The van der Waals surface area contributed by atoms with Crippen LogP contribution in [0.5, 0.6) is 0 Å². The molecule has 1 aromatic heterocycles. The lowest BCUT2D eigenvalue weighted by Crippen LogP contribution is -1.87. The van der Waals surface area contributed by atoms with Gasteiger partial charge in [-0.3, -0.25) is 0 Å². The fraction of sp³-hybridized carbons (Fsp3) is 0.0556. The summed E-state index contributed by atoms with van der Waals surface area (Å²) in [6.07, 6.45) is 0. The summed E-state index contributed by atoms with van der Waals surface area (Å²) in [5.74, 6) is 1.29. The third kappa shape index (κ3) is 3.03. The molecule has 0 saturated heterocycles. The molecule has 0 unspecified atom stereocenters. The predicted octanol–water partition coefficient (Wildman–Crippen LogP) is 5.16. The van der Waals surface area contributed by atoms with Crippen molar-refractivity contribution in [3.63, 3.8) is 0 Å². The fourth-order valence-corrected chi connectivity index (χ4v) is 2.24.